The molecule has 19 heavy (non-hydrogen) atoms. The van der Waals surface area contributed by atoms with Gasteiger partial charge in [-0.3, -0.25) is 4.79 Å². The van der Waals surface area contributed by atoms with Gasteiger partial charge in [-0.1, -0.05) is 6.07 Å². The molecule has 0 unspecified atom stereocenters. The lowest BCUT2D eigenvalue weighted by molar-refractivity contribution is 0.0310. The van der Waals surface area contributed by atoms with Crippen LogP contribution in [0.5, 0.6) is 5.75 Å². The number of aliphatic hydroxyl groups is 1. The van der Waals surface area contributed by atoms with Crippen LogP contribution in [0.15, 0.2) is 18.2 Å². The summed E-state index contributed by atoms with van der Waals surface area (Å²) in [6.45, 7) is 5.47. The molecule has 0 fully saturated rings. The molecule has 1 N–H and O–H groups in total. The molecule has 0 spiro atoms. The van der Waals surface area contributed by atoms with Crippen molar-refractivity contribution in [1.82, 2.24) is 4.90 Å². The number of halogens is 1. The summed E-state index contributed by atoms with van der Waals surface area (Å²) in [5.74, 6) is -0.919. The Bertz CT molecular complexity index is 454. The second-order valence-corrected chi connectivity index (χ2v) is 4.95. The van der Waals surface area contributed by atoms with Gasteiger partial charge in [0.05, 0.1) is 12.7 Å². The fraction of sp³-hybridized carbons (Fsp3) is 0.500. The highest BCUT2D eigenvalue weighted by atomic mass is 19.1. The number of benzene rings is 1. The van der Waals surface area contributed by atoms with Crippen LogP contribution in [0.25, 0.3) is 0 Å². The van der Waals surface area contributed by atoms with E-state index < -0.39 is 17.3 Å². The van der Waals surface area contributed by atoms with Crippen LogP contribution >= 0.6 is 0 Å². The Balaban J connectivity index is 3.11. The smallest absolute Gasteiger partial charge is 0.260 e. The van der Waals surface area contributed by atoms with Crippen LogP contribution in [0.3, 0.4) is 0 Å². The van der Waals surface area contributed by atoms with Gasteiger partial charge in [0.15, 0.2) is 0 Å². The number of carbonyl (C=O) groups excluding carboxylic acids is 1. The molecule has 0 aliphatic heterocycles. The Morgan fingerprint density at radius 2 is 2.11 bits per heavy atom. The molecule has 1 aromatic rings. The average molecular weight is 269 g/mol. The third-order valence-electron chi connectivity index (χ3n) is 2.66. The van der Waals surface area contributed by atoms with E-state index in [0.717, 1.165) is 0 Å². The number of ether oxygens (including phenoxy) is 1. The largest absolute Gasteiger partial charge is 0.496 e. The van der Waals surface area contributed by atoms with E-state index in [0.29, 0.717) is 6.54 Å². The van der Waals surface area contributed by atoms with Gasteiger partial charge >= 0.3 is 0 Å². The van der Waals surface area contributed by atoms with E-state index in [4.69, 9.17) is 4.74 Å². The second kappa shape index (κ2) is 6.02. The van der Waals surface area contributed by atoms with Gasteiger partial charge in [-0.2, -0.15) is 0 Å². The maximum atomic E-state index is 13.8. The van der Waals surface area contributed by atoms with Crippen molar-refractivity contribution >= 4 is 5.91 Å². The number of likely N-dealkylation sites (N-methyl/N-ethyl adjacent to an activating group) is 1. The van der Waals surface area contributed by atoms with Crippen molar-refractivity contribution in [1.29, 1.82) is 0 Å². The van der Waals surface area contributed by atoms with Crippen LogP contribution in [0.2, 0.25) is 0 Å². The van der Waals surface area contributed by atoms with Gasteiger partial charge < -0.3 is 14.7 Å². The van der Waals surface area contributed by atoms with Crippen LogP contribution in [0.1, 0.15) is 31.1 Å². The summed E-state index contributed by atoms with van der Waals surface area (Å²) in [5.41, 5.74) is -1.14. The first-order valence-corrected chi connectivity index (χ1v) is 6.14. The number of hydrogen-bond donors (Lipinski definition) is 1. The number of rotatable bonds is 5. The highest BCUT2D eigenvalue weighted by Crippen LogP contribution is 2.23. The van der Waals surface area contributed by atoms with Crippen molar-refractivity contribution in [3.8, 4) is 5.75 Å². The molecule has 1 aromatic carbocycles. The Labute approximate surface area is 112 Å². The summed E-state index contributed by atoms with van der Waals surface area (Å²) in [6.07, 6.45) is 0. The van der Waals surface area contributed by atoms with Gasteiger partial charge in [-0.25, -0.2) is 4.39 Å². The minimum Gasteiger partial charge on any atom is -0.496 e. The lowest BCUT2D eigenvalue weighted by Gasteiger charge is -2.28. The monoisotopic (exact) mass is 269 g/mol. The third-order valence-corrected chi connectivity index (χ3v) is 2.66. The number of amides is 1. The first-order chi connectivity index (χ1) is 8.80. The van der Waals surface area contributed by atoms with Gasteiger partial charge in [-0.15, -0.1) is 0 Å². The number of methoxy groups -OCH3 is 1. The molecule has 0 bridgehead atoms. The zero-order valence-corrected chi connectivity index (χ0v) is 11.7. The summed E-state index contributed by atoms with van der Waals surface area (Å²) in [4.78, 5) is 13.7. The average Bonchev–Trinajstić information content (AvgIpc) is 2.33. The number of nitrogens with zero attached hydrogens (tertiary/aromatic N) is 1. The van der Waals surface area contributed by atoms with Crippen molar-refractivity contribution in [2.45, 2.75) is 26.4 Å². The summed E-state index contributed by atoms with van der Waals surface area (Å²) in [7, 11) is 1.39. The quantitative estimate of drug-likeness (QED) is 0.890. The minimum absolute atomic E-state index is 0.101. The predicted molar refractivity (Wildman–Crippen MR) is 70.8 cm³/mol. The van der Waals surface area contributed by atoms with Crippen molar-refractivity contribution in [3.63, 3.8) is 0 Å². The number of carbonyl (C=O) groups is 1. The second-order valence-electron chi connectivity index (χ2n) is 4.95. The molecule has 0 radical (unpaired) electrons. The Kier molecular flexibility index (Phi) is 4.89. The molecule has 0 aromatic heterocycles. The molecule has 0 saturated heterocycles. The van der Waals surface area contributed by atoms with Crippen LogP contribution in [-0.2, 0) is 0 Å². The Morgan fingerprint density at radius 3 is 2.58 bits per heavy atom. The topological polar surface area (TPSA) is 49.8 Å². The zero-order valence-electron chi connectivity index (χ0n) is 11.7. The molecule has 1 amide bonds. The van der Waals surface area contributed by atoms with E-state index in [2.05, 4.69) is 0 Å². The van der Waals surface area contributed by atoms with Gasteiger partial charge in [-0.05, 0) is 32.9 Å². The molecule has 0 aliphatic rings. The van der Waals surface area contributed by atoms with E-state index in [1.807, 2.05) is 0 Å². The molecule has 106 valence electrons. The first kappa shape index (κ1) is 15.4. The van der Waals surface area contributed by atoms with Gasteiger partial charge in [0.25, 0.3) is 5.91 Å². The Morgan fingerprint density at radius 1 is 1.47 bits per heavy atom. The summed E-state index contributed by atoms with van der Waals surface area (Å²) in [6, 6.07) is 4.24. The van der Waals surface area contributed by atoms with Crippen molar-refractivity contribution in [2.75, 3.05) is 20.2 Å². The van der Waals surface area contributed by atoms with Gasteiger partial charge in [0.2, 0.25) is 0 Å². The molecule has 0 aliphatic carbocycles. The van der Waals surface area contributed by atoms with Gasteiger partial charge in [0.1, 0.15) is 17.1 Å². The van der Waals surface area contributed by atoms with E-state index in [9.17, 15) is 14.3 Å². The van der Waals surface area contributed by atoms with Crippen LogP contribution in [-0.4, -0.2) is 41.7 Å². The summed E-state index contributed by atoms with van der Waals surface area (Å²) < 4.78 is 18.8. The molecule has 0 saturated carbocycles. The first-order valence-electron chi connectivity index (χ1n) is 6.14. The van der Waals surface area contributed by atoms with Crippen molar-refractivity contribution in [2.24, 2.45) is 0 Å². The lowest BCUT2D eigenvalue weighted by atomic mass is 10.1. The van der Waals surface area contributed by atoms with Crippen LogP contribution in [0.4, 0.5) is 4.39 Å². The highest BCUT2D eigenvalue weighted by Gasteiger charge is 2.26. The molecule has 1 rings (SSSR count). The fourth-order valence-corrected chi connectivity index (χ4v) is 1.83. The normalized spacial score (nSPS) is 11.3. The maximum absolute atomic E-state index is 13.8. The Hall–Kier alpha value is -1.62. The van der Waals surface area contributed by atoms with Crippen LogP contribution < -0.4 is 4.74 Å². The summed E-state index contributed by atoms with van der Waals surface area (Å²) in [5, 5.41) is 9.79. The van der Waals surface area contributed by atoms with E-state index in [-0.39, 0.29) is 17.9 Å². The van der Waals surface area contributed by atoms with Gasteiger partial charge in [0, 0.05) is 13.1 Å². The van der Waals surface area contributed by atoms with Crippen molar-refractivity contribution in [3.05, 3.63) is 29.6 Å². The number of hydrogen-bond acceptors (Lipinski definition) is 3. The minimum atomic E-state index is -1.04. The fourth-order valence-electron chi connectivity index (χ4n) is 1.83. The zero-order chi connectivity index (χ0) is 14.6. The van der Waals surface area contributed by atoms with Crippen molar-refractivity contribution < 1.29 is 19.0 Å². The molecular weight excluding hydrogens is 249 g/mol. The summed E-state index contributed by atoms with van der Waals surface area (Å²) >= 11 is 0. The molecule has 5 heteroatoms. The van der Waals surface area contributed by atoms with E-state index in [1.165, 1.54) is 30.2 Å². The maximum Gasteiger partial charge on any atom is 0.260 e. The molecule has 0 heterocycles. The lowest BCUT2D eigenvalue weighted by Crippen LogP contribution is -2.42. The molecule has 0 atom stereocenters. The third kappa shape index (κ3) is 3.92. The standard InChI is InChI=1S/C14H20FNO3/c1-5-16(9-14(2,3)18)13(17)12-10(15)7-6-8-11(12)19-4/h6-8,18H,5,9H2,1-4H3. The SMILES string of the molecule is CCN(CC(C)(C)O)C(=O)c1c(F)cccc1OC. The van der Waals surface area contributed by atoms with E-state index in [1.54, 1.807) is 20.8 Å². The molecular formula is C14H20FNO3. The highest BCUT2D eigenvalue weighted by molar-refractivity contribution is 5.97. The van der Waals surface area contributed by atoms with E-state index >= 15 is 0 Å². The predicted octanol–water partition coefficient (Wildman–Crippen LogP) is 2.07. The molecule has 4 nitrogen and oxygen atoms in total. The van der Waals surface area contributed by atoms with Crippen LogP contribution in [0, 0.1) is 5.82 Å².